The van der Waals surface area contributed by atoms with Crippen LogP contribution in [0.1, 0.15) is 17.7 Å². The number of nitrogens with zero attached hydrogens (tertiary/aromatic N) is 2. The van der Waals surface area contributed by atoms with E-state index in [1.54, 1.807) is 0 Å². The second-order valence-electron chi connectivity index (χ2n) is 5.42. The lowest BCUT2D eigenvalue weighted by molar-refractivity contribution is 0.575. The van der Waals surface area contributed by atoms with Crippen molar-refractivity contribution in [3.05, 3.63) is 35.5 Å². The molecule has 0 aliphatic carbocycles. The summed E-state index contributed by atoms with van der Waals surface area (Å²) < 4.78 is 28.6. The highest BCUT2D eigenvalue weighted by atomic mass is 32.2. The Bertz CT molecular complexity index is 832. The smallest absolute Gasteiger partial charge is 0.232 e. The predicted octanol–water partition coefficient (Wildman–Crippen LogP) is 2.12. The van der Waals surface area contributed by atoms with E-state index in [2.05, 4.69) is 10.3 Å². The van der Waals surface area contributed by atoms with Gasteiger partial charge in [0.2, 0.25) is 17.5 Å². The molecule has 3 rings (SSSR count). The number of nitriles is 1. The zero-order valence-electron chi connectivity index (χ0n) is 12.0. The van der Waals surface area contributed by atoms with E-state index in [1.807, 2.05) is 37.3 Å². The summed E-state index contributed by atoms with van der Waals surface area (Å²) in [4.78, 5) is 4.17. The van der Waals surface area contributed by atoms with Crippen LogP contribution in [0, 0.1) is 18.3 Å². The van der Waals surface area contributed by atoms with Gasteiger partial charge >= 0.3 is 0 Å². The summed E-state index contributed by atoms with van der Waals surface area (Å²) in [6.45, 7) is 1.98. The molecule has 1 aliphatic rings. The minimum Gasteiger partial charge on any atom is -0.419 e. The lowest BCUT2D eigenvalue weighted by Crippen LogP contribution is -2.20. The minimum absolute atomic E-state index is 0.0540. The van der Waals surface area contributed by atoms with Crippen molar-refractivity contribution in [2.75, 3.05) is 16.8 Å². The Labute approximate surface area is 128 Å². The molecule has 1 saturated heterocycles. The highest BCUT2D eigenvalue weighted by Crippen LogP contribution is 2.27. The van der Waals surface area contributed by atoms with Crippen molar-refractivity contribution in [3.63, 3.8) is 0 Å². The van der Waals surface area contributed by atoms with Gasteiger partial charge in [0, 0.05) is 11.6 Å². The summed E-state index contributed by atoms with van der Waals surface area (Å²) in [6.07, 6.45) is 0.508. The van der Waals surface area contributed by atoms with E-state index in [0.717, 1.165) is 11.1 Å². The molecule has 0 radical (unpaired) electrons. The van der Waals surface area contributed by atoms with Crippen molar-refractivity contribution in [1.82, 2.24) is 4.98 Å². The topological polar surface area (TPSA) is 96.0 Å². The lowest BCUT2D eigenvalue weighted by Gasteiger charge is -2.08. The number of rotatable bonds is 3. The summed E-state index contributed by atoms with van der Waals surface area (Å²) in [6, 6.07) is 9.34. The quantitative estimate of drug-likeness (QED) is 0.931. The first-order valence-electron chi connectivity index (χ1n) is 6.92. The van der Waals surface area contributed by atoms with Crippen molar-refractivity contribution in [2.24, 2.45) is 0 Å². The number of aryl methyl sites for hydroxylation is 1. The minimum atomic E-state index is -2.99. The van der Waals surface area contributed by atoms with Gasteiger partial charge in [-0.3, -0.25) is 0 Å². The molecule has 2 aromatic rings. The third-order valence-corrected chi connectivity index (χ3v) is 5.37. The second-order valence-corrected chi connectivity index (χ2v) is 7.65. The fraction of sp³-hybridized carbons (Fsp3) is 0.333. The lowest BCUT2D eigenvalue weighted by atomic mass is 10.1. The van der Waals surface area contributed by atoms with Gasteiger partial charge < -0.3 is 9.73 Å². The monoisotopic (exact) mass is 317 g/mol. The van der Waals surface area contributed by atoms with Gasteiger partial charge in [-0.2, -0.15) is 10.2 Å². The largest absolute Gasteiger partial charge is 0.419 e. The first-order chi connectivity index (χ1) is 10.5. The van der Waals surface area contributed by atoms with E-state index < -0.39 is 9.84 Å². The van der Waals surface area contributed by atoms with Crippen molar-refractivity contribution in [3.8, 4) is 17.5 Å². The molecule has 114 valence electrons. The Kier molecular flexibility index (Phi) is 3.62. The van der Waals surface area contributed by atoms with Crippen LogP contribution in [-0.4, -0.2) is 30.9 Å². The number of anilines is 1. The number of benzene rings is 1. The number of aromatic nitrogens is 1. The summed E-state index contributed by atoms with van der Waals surface area (Å²) >= 11 is 0. The molecule has 1 atom stereocenters. The van der Waals surface area contributed by atoms with Gasteiger partial charge in [0.15, 0.2) is 9.84 Å². The summed E-state index contributed by atoms with van der Waals surface area (Å²) in [5.74, 6) is 0.796. The van der Waals surface area contributed by atoms with Gasteiger partial charge in [-0.05, 0) is 25.5 Å². The Hall–Kier alpha value is -2.33. The second kappa shape index (κ2) is 5.46. The molecule has 1 unspecified atom stereocenters. The molecular formula is C15H15N3O3S. The van der Waals surface area contributed by atoms with Crippen LogP contribution < -0.4 is 5.32 Å². The van der Waals surface area contributed by atoms with E-state index in [-0.39, 0.29) is 29.1 Å². The third kappa shape index (κ3) is 2.97. The Morgan fingerprint density at radius 1 is 1.36 bits per heavy atom. The molecule has 22 heavy (non-hydrogen) atoms. The van der Waals surface area contributed by atoms with Crippen LogP contribution in [0.4, 0.5) is 5.88 Å². The van der Waals surface area contributed by atoms with Gasteiger partial charge in [0.05, 0.1) is 11.5 Å². The maximum Gasteiger partial charge on any atom is 0.232 e. The fourth-order valence-corrected chi connectivity index (χ4v) is 4.08. The predicted molar refractivity (Wildman–Crippen MR) is 82.1 cm³/mol. The molecule has 0 spiro atoms. The first kappa shape index (κ1) is 14.6. The third-order valence-electron chi connectivity index (χ3n) is 3.60. The van der Waals surface area contributed by atoms with Crippen LogP contribution in [0.25, 0.3) is 11.5 Å². The molecule has 1 aromatic heterocycles. The van der Waals surface area contributed by atoms with Crippen molar-refractivity contribution in [2.45, 2.75) is 19.4 Å². The van der Waals surface area contributed by atoms with Gasteiger partial charge in [-0.1, -0.05) is 17.7 Å². The molecular weight excluding hydrogens is 302 g/mol. The molecule has 1 aliphatic heterocycles. The summed E-state index contributed by atoms with van der Waals surface area (Å²) in [5.41, 5.74) is 2.03. The van der Waals surface area contributed by atoms with E-state index in [0.29, 0.717) is 12.3 Å². The number of hydrogen-bond acceptors (Lipinski definition) is 6. The Morgan fingerprint density at radius 3 is 2.68 bits per heavy atom. The number of sulfone groups is 1. The Morgan fingerprint density at radius 2 is 2.09 bits per heavy atom. The molecule has 0 saturated carbocycles. The van der Waals surface area contributed by atoms with Crippen molar-refractivity contribution < 1.29 is 12.8 Å². The fourth-order valence-electron chi connectivity index (χ4n) is 2.41. The zero-order valence-corrected chi connectivity index (χ0v) is 12.9. The molecule has 1 N–H and O–H groups in total. The van der Waals surface area contributed by atoms with Crippen LogP contribution in [-0.2, 0) is 9.84 Å². The number of nitrogens with one attached hydrogen (secondary N) is 1. The van der Waals surface area contributed by atoms with Gasteiger partial charge in [-0.25, -0.2) is 8.42 Å². The van der Waals surface area contributed by atoms with Gasteiger partial charge in [-0.15, -0.1) is 0 Å². The van der Waals surface area contributed by atoms with Crippen molar-refractivity contribution in [1.29, 1.82) is 5.26 Å². The van der Waals surface area contributed by atoms with Gasteiger partial charge in [0.25, 0.3) is 0 Å². The number of hydrogen-bond donors (Lipinski definition) is 1. The average Bonchev–Trinajstić information content (AvgIpc) is 3.03. The van der Waals surface area contributed by atoms with Crippen LogP contribution in [0.3, 0.4) is 0 Å². The molecule has 0 bridgehead atoms. The van der Waals surface area contributed by atoms with E-state index in [9.17, 15) is 8.42 Å². The zero-order chi connectivity index (χ0) is 15.7. The normalized spacial score (nSPS) is 19.7. The summed E-state index contributed by atoms with van der Waals surface area (Å²) in [7, 11) is -2.99. The van der Waals surface area contributed by atoms with E-state index >= 15 is 0 Å². The van der Waals surface area contributed by atoms with Crippen LogP contribution >= 0.6 is 0 Å². The van der Waals surface area contributed by atoms with Crippen LogP contribution in [0.2, 0.25) is 0 Å². The average molecular weight is 317 g/mol. The molecule has 6 nitrogen and oxygen atoms in total. The maximum atomic E-state index is 11.5. The van der Waals surface area contributed by atoms with Crippen molar-refractivity contribution >= 4 is 15.7 Å². The molecule has 2 heterocycles. The molecule has 1 aromatic carbocycles. The summed E-state index contributed by atoms with van der Waals surface area (Å²) in [5, 5.41) is 12.2. The van der Waals surface area contributed by atoms with E-state index in [1.165, 1.54) is 0 Å². The molecule has 7 heteroatoms. The SMILES string of the molecule is Cc1ccc(-c2nc(C#N)c(NC3CCS(=O)(=O)C3)o2)cc1. The molecule has 0 amide bonds. The number of oxazole rings is 1. The standard InChI is InChI=1S/C15H15N3O3S/c1-10-2-4-11(5-3-10)14-18-13(8-16)15(21-14)17-12-6-7-22(19,20)9-12/h2-5,12,17H,6-7,9H2,1H3. The maximum absolute atomic E-state index is 11.5. The highest BCUT2D eigenvalue weighted by Gasteiger charge is 2.29. The first-order valence-corrected chi connectivity index (χ1v) is 8.74. The Balaban J connectivity index is 1.86. The van der Waals surface area contributed by atoms with Crippen LogP contribution in [0.5, 0.6) is 0 Å². The van der Waals surface area contributed by atoms with E-state index in [4.69, 9.17) is 9.68 Å². The van der Waals surface area contributed by atoms with Crippen LogP contribution in [0.15, 0.2) is 28.7 Å². The highest BCUT2D eigenvalue weighted by molar-refractivity contribution is 7.91. The molecule has 1 fully saturated rings. The van der Waals surface area contributed by atoms with Gasteiger partial charge in [0.1, 0.15) is 6.07 Å².